The fourth-order valence-electron chi connectivity index (χ4n) is 2.51. The fraction of sp³-hybridized carbons (Fsp3) is 0.500. The van der Waals surface area contributed by atoms with E-state index >= 15 is 0 Å². The van der Waals surface area contributed by atoms with Crippen molar-refractivity contribution >= 4 is 20.0 Å². The van der Waals surface area contributed by atoms with Gasteiger partial charge in [0.2, 0.25) is 20.0 Å². The lowest BCUT2D eigenvalue weighted by Gasteiger charge is -2.25. The summed E-state index contributed by atoms with van der Waals surface area (Å²) in [5, 5.41) is 4.88. The SMILES string of the molecule is CC1(NS(=O)(=O)c2ccc(S(N)(=O)=O)cc2F)CCCC1. The van der Waals surface area contributed by atoms with Gasteiger partial charge >= 0.3 is 0 Å². The highest BCUT2D eigenvalue weighted by atomic mass is 32.2. The molecule has 1 aromatic rings. The molecule has 0 aromatic heterocycles. The molecule has 9 heteroatoms. The molecular weight excluding hydrogens is 319 g/mol. The van der Waals surface area contributed by atoms with Crippen LogP contribution in [0.25, 0.3) is 0 Å². The Labute approximate surface area is 123 Å². The third kappa shape index (κ3) is 3.60. The Balaban J connectivity index is 2.37. The van der Waals surface area contributed by atoms with Crippen molar-refractivity contribution in [1.82, 2.24) is 4.72 Å². The number of hydrogen-bond donors (Lipinski definition) is 2. The minimum absolute atomic E-state index is 0.467. The van der Waals surface area contributed by atoms with Crippen LogP contribution in [-0.4, -0.2) is 22.4 Å². The molecule has 1 aliphatic rings. The van der Waals surface area contributed by atoms with Crippen LogP contribution >= 0.6 is 0 Å². The lowest BCUT2D eigenvalue weighted by atomic mass is 10.0. The molecule has 1 saturated carbocycles. The number of primary sulfonamides is 1. The fourth-order valence-corrected chi connectivity index (χ4v) is 4.56. The summed E-state index contributed by atoms with van der Waals surface area (Å²) in [6, 6.07) is 2.50. The van der Waals surface area contributed by atoms with Gasteiger partial charge in [-0.1, -0.05) is 12.8 Å². The zero-order chi connectivity index (χ0) is 15.9. The maximum atomic E-state index is 13.9. The van der Waals surface area contributed by atoms with Gasteiger partial charge in [-0.15, -0.1) is 0 Å². The van der Waals surface area contributed by atoms with Crippen LogP contribution in [0.15, 0.2) is 28.0 Å². The minimum Gasteiger partial charge on any atom is -0.225 e. The van der Waals surface area contributed by atoms with Gasteiger partial charge in [-0.05, 0) is 38.0 Å². The van der Waals surface area contributed by atoms with E-state index in [1.165, 1.54) is 0 Å². The van der Waals surface area contributed by atoms with Gasteiger partial charge < -0.3 is 0 Å². The van der Waals surface area contributed by atoms with Gasteiger partial charge in [-0.2, -0.15) is 0 Å². The van der Waals surface area contributed by atoms with E-state index in [4.69, 9.17) is 5.14 Å². The molecule has 0 unspecified atom stereocenters. The highest BCUT2D eigenvalue weighted by molar-refractivity contribution is 7.89. The standard InChI is InChI=1S/C12H17FN2O4S2/c1-12(6-2-3-7-12)15-21(18,19)11-5-4-9(8-10(11)13)20(14,16)17/h4-5,8,15H,2-3,6-7H2,1H3,(H2,14,16,17). The zero-order valence-corrected chi connectivity index (χ0v) is 13.1. The van der Waals surface area contributed by atoms with E-state index in [1.807, 2.05) is 0 Å². The van der Waals surface area contributed by atoms with Gasteiger partial charge in [0.05, 0.1) is 4.90 Å². The molecule has 0 bridgehead atoms. The number of benzene rings is 1. The Morgan fingerprint density at radius 1 is 1.19 bits per heavy atom. The summed E-state index contributed by atoms with van der Waals surface area (Å²) in [6.07, 6.45) is 3.18. The maximum Gasteiger partial charge on any atom is 0.243 e. The lowest BCUT2D eigenvalue weighted by Crippen LogP contribution is -2.43. The van der Waals surface area contributed by atoms with Crippen LogP contribution in [-0.2, 0) is 20.0 Å². The molecule has 0 saturated heterocycles. The predicted molar refractivity (Wildman–Crippen MR) is 75.0 cm³/mol. The number of nitrogens with two attached hydrogens (primary N) is 1. The molecule has 6 nitrogen and oxygen atoms in total. The number of sulfonamides is 2. The van der Waals surface area contributed by atoms with Gasteiger partial charge in [-0.3, -0.25) is 0 Å². The minimum atomic E-state index is -4.08. The van der Waals surface area contributed by atoms with Crippen LogP contribution in [0, 0.1) is 5.82 Å². The Morgan fingerprint density at radius 2 is 1.76 bits per heavy atom. The summed E-state index contributed by atoms with van der Waals surface area (Å²) in [5.41, 5.74) is -0.593. The van der Waals surface area contributed by atoms with Gasteiger partial charge in [0.1, 0.15) is 10.7 Å². The highest BCUT2D eigenvalue weighted by Gasteiger charge is 2.34. The van der Waals surface area contributed by atoms with Crippen molar-refractivity contribution < 1.29 is 21.2 Å². The molecule has 0 amide bonds. The summed E-state index contributed by atoms with van der Waals surface area (Å²) < 4.78 is 63.2. The molecular formula is C12H17FN2O4S2. The normalized spacial score (nSPS) is 18.8. The molecule has 3 N–H and O–H groups in total. The number of rotatable bonds is 4. The van der Waals surface area contributed by atoms with E-state index < -0.39 is 41.2 Å². The molecule has 0 atom stereocenters. The van der Waals surface area contributed by atoms with Gasteiger partial charge in [-0.25, -0.2) is 31.1 Å². The van der Waals surface area contributed by atoms with Crippen molar-refractivity contribution in [3.8, 4) is 0 Å². The van der Waals surface area contributed by atoms with E-state index in [2.05, 4.69) is 4.72 Å². The molecule has 21 heavy (non-hydrogen) atoms. The van der Waals surface area contributed by atoms with Crippen LogP contribution in [0.4, 0.5) is 4.39 Å². The van der Waals surface area contributed by atoms with Gasteiger partial charge in [0.15, 0.2) is 0 Å². The zero-order valence-electron chi connectivity index (χ0n) is 11.5. The Morgan fingerprint density at radius 3 is 2.24 bits per heavy atom. The van der Waals surface area contributed by atoms with E-state index in [-0.39, 0.29) is 0 Å². The summed E-state index contributed by atoms with van der Waals surface area (Å²) in [6.45, 7) is 1.77. The smallest absolute Gasteiger partial charge is 0.225 e. The van der Waals surface area contributed by atoms with Crippen molar-refractivity contribution in [2.45, 2.75) is 47.9 Å². The van der Waals surface area contributed by atoms with E-state index in [0.29, 0.717) is 18.9 Å². The predicted octanol–water partition coefficient (Wildman–Crippen LogP) is 1.08. The summed E-state index contributed by atoms with van der Waals surface area (Å²) in [4.78, 5) is -1.05. The highest BCUT2D eigenvalue weighted by Crippen LogP contribution is 2.31. The summed E-state index contributed by atoms with van der Waals surface area (Å²) in [7, 11) is -8.13. The third-order valence-electron chi connectivity index (χ3n) is 3.61. The summed E-state index contributed by atoms with van der Waals surface area (Å²) >= 11 is 0. The molecule has 2 rings (SSSR count). The number of hydrogen-bond acceptors (Lipinski definition) is 4. The first-order valence-electron chi connectivity index (χ1n) is 6.40. The molecule has 0 aliphatic heterocycles. The third-order valence-corrected chi connectivity index (χ3v) is 6.19. The van der Waals surface area contributed by atoms with E-state index in [0.717, 1.165) is 25.0 Å². The van der Waals surface area contributed by atoms with Crippen molar-refractivity contribution in [2.75, 3.05) is 0 Å². The molecule has 0 heterocycles. The van der Waals surface area contributed by atoms with E-state index in [1.54, 1.807) is 6.92 Å². The first-order chi connectivity index (χ1) is 9.54. The van der Waals surface area contributed by atoms with Crippen molar-refractivity contribution in [3.05, 3.63) is 24.0 Å². The number of nitrogens with one attached hydrogen (secondary N) is 1. The van der Waals surface area contributed by atoms with Crippen molar-refractivity contribution in [2.24, 2.45) is 5.14 Å². The molecule has 0 radical (unpaired) electrons. The molecule has 1 aliphatic carbocycles. The second-order valence-corrected chi connectivity index (χ2v) is 8.72. The topological polar surface area (TPSA) is 106 Å². The van der Waals surface area contributed by atoms with Crippen LogP contribution in [0.1, 0.15) is 32.6 Å². The van der Waals surface area contributed by atoms with Crippen LogP contribution in [0.2, 0.25) is 0 Å². The summed E-state index contributed by atoms with van der Waals surface area (Å²) in [5.74, 6) is -1.14. The Kier molecular flexibility index (Phi) is 4.13. The average Bonchev–Trinajstić information content (AvgIpc) is 2.73. The Hall–Kier alpha value is -1.03. The first-order valence-corrected chi connectivity index (χ1v) is 9.43. The van der Waals surface area contributed by atoms with Gasteiger partial charge in [0, 0.05) is 5.54 Å². The largest absolute Gasteiger partial charge is 0.243 e. The molecule has 0 spiro atoms. The molecule has 1 aromatic carbocycles. The second-order valence-electron chi connectivity index (χ2n) is 5.51. The first kappa shape index (κ1) is 16.3. The monoisotopic (exact) mass is 336 g/mol. The Bertz CT molecular complexity index is 753. The number of halogens is 1. The quantitative estimate of drug-likeness (QED) is 0.858. The molecule has 1 fully saturated rings. The average molecular weight is 336 g/mol. The lowest BCUT2D eigenvalue weighted by molar-refractivity contribution is 0.425. The molecule has 118 valence electrons. The van der Waals surface area contributed by atoms with Crippen LogP contribution in [0.3, 0.4) is 0 Å². The van der Waals surface area contributed by atoms with Crippen LogP contribution in [0.5, 0.6) is 0 Å². The van der Waals surface area contributed by atoms with Crippen molar-refractivity contribution in [3.63, 3.8) is 0 Å². The van der Waals surface area contributed by atoms with Gasteiger partial charge in [0.25, 0.3) is 0 Å². The van der Waals surface area contributed by atoms with Crippen LogP contribution < -0.4 is 9.86 Å². The second kappa shape index (κ2) is 5.31. The van der Waals surface area contributed by atoms with E-state index in [9.17, 15) is 21.2 Å². The maximum absolute atomic E-state index is 13.9. The van der Waals surface area contributed by atoms with Crippen molar-refractivity contribution in [1.29, 1.82) is 0 Å².